The van der Waals surface area contributed by atoms with Gasteiger partial charge in [0, 0.05) is 30.8 Å². The van der Waals surface area contributed by atoms with Gasteiger partial charge in [-0.1, -0.05) is 24.8 Å². The number of thioether (sulfide) groups is 1. The van der Waals surface area contributed by atoms with Gasteiger partial charge in [0.05, 0.1) is 10.6 Å². The van der Waals surface area contributed by atoms with Gasteiger partial charge in [0.2, 0.25) is 11.8 Å². The number of non-ortho nitro benzene ring substituents is 1. The topological polar surface area (TPSA) is 114 Å². The second kappa shape index (κ2) is 10.9. The van der Waals surface area contributed by atoms with E-state index in [9.17, 15) is 28.5 Å². The van der Waals surface area contributed by atoms with Crippen LogP contribution in [0.2, 0.25) is 0 Å². The summed E-state index contributed by atoms with van der Waals surface area (Å²) >= 11 is 1.13. The Hall–Kier alpha value is -3.54. The Morgan fingerprint density at radius 2 is 2.03 bits per heavy atom. The van der Waals surface area contributed by atoms with Crippen LogP contribution in [0.25, 0.3) is 0 Å². The normalized spacial score (nSPS) is 17.0. The van der Waals surface area contributed by atoms with E-state index in [1.54, 1.807) is 0 Å². The van der Waals surface area contributed by atoms with Gasteiger partial charge in [0.15, 0.2) is 5.17 Å². The van der Waals surface area contributed by atoms with Gasteiger partial charge >= 0.3 is 6.61 Å². The summed E-state index contributed by atoms with van der Waals surface area (Å²) in [6, 6.07) is 11.2. The van der Waals surface area contributed by atoms with Gasteiger partial charge in [-0.05, 0) is 36.8 Å². The van der Waals surface area contributed by atoms with Gasteiger partial charge in [0.25, 0.3) is 5.69 Å². The molecule has 9 nitrogen and oxygen atoms in total. The Morgan fingerprint density at radius 1 is 1.30 bits per heavy atom. The maximum absolute atomic E-state index is 12.9. The fourth-order valence-corrected chi connectivity index (χ4v) is 4.23. The van der Waals surface area contributed by atoms with Gasteiger partial charge in [-0.25, -0.2) is 4.99 Å². The van der Waals surface area contributed by atoms with Crippen LogP contribution < -0.4 is 10.1 Å². The van der Waals surface area contributed by atoms with E-state index < -0.39 is 22.7 Å². The van der Waals surface area contributed by atoms with Crippen molar-refractivity contribution in [3.05, 3.63) is 58.6 Å². The molecule has 1 aliphatic rings. The number of alkyl halides is 2. The average molecular weight is 478 g/mol. The maximum atomic E-state index is 12.9. The summed E-state index contributed by atoms with van der Waals surface area (Å²) in [6.45, 7) is -0.631. The van der Waals surface area contributed by atoms with E-state index in [1.165, 1.54) is 53.4 Å². The molecule has 1 heterocycles. The summed E-state index contributed by atoms with van der Waals surface area (Å²) in [7, 11) is 0. The number of carbonyl (C=O) groups is 2. The lowest BCUT2D eigenvalue weighted by molar-refractivity contribution is -0.384. The van der Waals surface area contributed by atoms with Crippen molar-refractivity contribution in [2.24, 2.45) is 4.99 Å². The Balaban J connectivity index is 1.70. The third-order valence-electron chi connectivity index (χ3n) is 4.47. The number of nitro groups is 1. The minimum absolute atomic E-state index is 0.00906. The lowest BCUT2D eigenvalue weighted by Gasteiger charge is -2.15. The molecular formula is C21H20F2N4O5S. The quantitative estimate of drug-likeness (QED) is 0.417. The summed E-state index contributed by atoms with van der Waals surface area (Å²) < 4.78 is 28.9. The number of carbonyl (C=O) groups excluding carboxylic acids is 2. The molecule has 174 valence electrons. The van der Waals surface area contributed by atoms with Crippen LogP contribution in [-0.4, -0.2) is 45.2 Å². The van der Waals surface area contributed by atoms with Crippen LogP contribution in [0.5, 0.6) is 5.75 Å². The number of rotatable bonds is 9. The summed E-state index contributed by atoms with van der Waals surface area (Å²) in [6.07, 6.45) is 0.520. The largest absolute Gasteiger partial charge is 0.435 e. The summed E-state index contributed by atoms with van der Waals surface area (Å²) in [5.41, 5.74) is 0.539. The molecule has 0 saturated carbocycles. The Labute approximate surface area is 192 Å². The molecule has 12 heteroatoms. The Morgan fingerprint density at radius 3 is 2.67 bits per heavy atom. The van der Waals surface area contributed by atoms with E-state index in [1.807, 2.05) is 6.92 Å². The van der Waals surface area contributed by atoms with E-state index in [-0.39, 0.29) is 29.5 Å². The smallest absolute Gasteiger partial charge is 0.387 e. The molecule has 0 bridgehead atoms. The fourth-order valence-electron chi connectivity index (χ4n) is 3.04. The molecule has 3 rings (SSSR count). The lowest BCUT2D eigenvalue weighted by atomic mass is 10.2. The van der Waals surface area contributed by atoms with Crippen LogP contribution in [0.15, 0.2) is 53.5 Å². The molecule has 33 heavy (non-hydrogen) atoms. The summed E-state index contributed by atoms with van der Waals surface area (Å²) in [5, 5.41) is 13.2. The second-order valence-electron chi connectivity index (χ2n) is 6.92. The minimum Gasteiger partial charge on any atom is -0.435 e. The van der Waals surface area contributed by atoms with Crippen molar-refractivity contribution >= 4 is 45.8 Å². The molecule has 1 unspecified atom stereocenters. The average Bonchev–Trinajstić information content (AvgIpc) is 3.04. The van der Waals surface area contributed by atoms with Crippen molar-refractivity contribution in [1.29, 1.82) is 0 Å². The van der Waals surface area contributed by atoms with E-state index >= 15 is 0 Å². The third kappa shape index (κ3) is 6.48. The fraction of sp³-hybridized carbons (Fsp3) is 0.286. The summed E-state index contributed by atoms with van der Waals surface area (Å²) in [4.78, 5) is 41.6. The van der Waals surface area contributed by atoms with Crippen LogP contribution in [0.3, 0.4) is 0 Å². The van der Waals surface area contributed by atoms with Crippen LogP contribution >= 0.6 is 11.8 Å². The van der Waals surface area contributed by atoms with Crippen molar-refractivity contribution in [3.63, 3.8) is 0 Å². The molecule has 1 fully saturated rings. The molecular weight excluding hydrogens is 458 g/mol. The van der Waals surface area contributed by atoms with Crippen molar-refractivity contribution in [2.75, 3.05) is 11.9 Å². The van der Waals surface area contributed by atoms with E-state index in [2.05, 4.69) is 15.0 Å². The molecule has 1 N–H and O–H groups in total. The van der Waals surface area contributed by atoms with E-state index in [0.717, 1.165) is 11.8 Å². The number of ether oxygens (including phenoxy) is 1. The SMILES string of the molecule is CCCN1C(=O)C(CC(=O)Nc2cccc([N+](=O)[O-])c2)SC1=Nc1ccc(OC(F)F)cc1. The van der Waals surface area contributed by atoms with Gasteiger partial charge < -0.3 is 10.1 Å². The number of nitrogens with zero attached hydrogens (tertiary/aromatic N) is 3. The van der Waals surface area contributed by atoms with Crippen LogP contribution in [0, 0.1) is 10.1 Å². The highest BCUT2D eigenvalue weighted by Gasteiger charge is 2.38. The number of nitrogens with one attached hydrogen (secondary N) is 1. The lowest BCUT2D eigenvalue weighted by Crippen LogP contribution is -2.34. The predicted octanol–water partition coefficient (Wildman–Crippen LogP) is 4.57. The molecule has 0 spiro atoms. The standard InChI is InChI=1S/C21H20F2N4O5S/c1-2-10-26-19(29)17(12-18(28)24-14-4-3-5-15(11-14)27(30)31)33-21(26)25-13-6-8-16(9-7-13)32-20(22)23/h3-9,11,17,20H,2,10,12H2,1H3,(H,24,28). The van der Waals surface area contributed by atoms with Gasteiger partial charge in [-0.15, -0.1) is 0 Å². The maximum Gasteiger partial charge on any atom is 0.387 e. The van der Waals surface area contributed by atoms with Crippen molar-refractivity contribution in [2.45, 2.75) is 31.6 Å². The van der Waals surface area contributed by atoms with Crippen LogP contribution in [-0.2, 0) is 9.59 Å². The molecule has 2 aromatic carbocycles. The van der Waals surface area contributed by atoms with Gasteiger partial charge in [0.1, 0.15) is 11.0 Å². The van der Waals surface area contributed by atoms with E-state index in [0.29, 0.717) is 23.8 Å². The number of halogens is 2. The number of anilines is 1. The number of nitro benzene ring substituents is 1. The first-order chi connectivity index (χ1) is 15.8. The summed E-state index contributed by atoms with van der Waals surface area (Å²) in [5.74, 6) is -0.745. The van der Waals surface area contributed by atoms with E-state index in [4.69, 9.17) is 0 Å². The number of hydrogen-bond donors (Lipinski definition) is 1. The number of benzene rings is 2. The number of hydrogen-bond acceptors (Lipinski definition) is 7. The molecule has 0 radical (unpaired) electrons. The third-order valence-corrected chi connectivity index (χ3v) is 5.64. The zero-order valence-electron chi connectivity index (χ0n) is 17.4. The number of aliphatic imine (C=N–C) groups is 1. The Kier molecular flexibility index (Phi) is 7.93. The van der Waals surface area contributed by atoms with Crippen molar-refractivity contribution in [3.8, 4) is 5.75 Å². The first-order valence-electron chi connectivity index (χ1n) is 9.92. The molecule has 1 saturated heterocycles. The van der Waals surface area contributed by atoms with Crippen molar-refractivity contribution in [1.82, 2.24) is 4.90 Å². The molecule has 1 atom stereocenters. The first-order valence-corrected chi connectivity index (χ1v) is 10.8. The highest BCUT2D eigenvalue weighted by molar-refractivity contribution is 8.15. The van der Waals surface area contributed by atoms with Gasteiger partial charge in [-0.2, -0.15) is 8.78 Å². The molecule has 1 aliphatic heterocycles. The number of amides is 2. The van der Waals surface area contributed by atoms with Crippen molar-refractivity contribution < 1.29 is 28.0 Å². The predicted molar refractivity (Wildman–Crippen MR) is 120 cm³/mol. The molecule has 0 aliphatic carbocycles. The Bertz CT molecular complexity index is 1060. The zero-order chi connectivity index (χ0) is 24.0. The zero-order valence-corrected chi connectivity index (χ0v) is 18.3. The monoisotopic (exact) mass is 478 g/mol. The molecule has 2 amide bonds. The number of amidine groups is 1. The van der Waals surface area contributed by atoms with Gasteiger partial charge in [-0.3, -0.25) is 24.6 Å². The first kappa shape index (κ1) is 24.1. The molecule has 0 aromatic heterocycles. The van der Waals surface area contributed by atoms with Crippen LogP contribution in [0.4, 0.5) is 25.8 Å². The highest BCUT2D eigenvalue weighted by atomic mass is 32.2. The highest BCUT2D eigenvalue weighted by Crippen LogP contribution is 2.32. The second-order valence-corrected chi connectivity index (χ2v) is 8.09. The minimum atomic E-state index is -2.93. The van der Waals surface area contributed by atoms with Crippen LogP contribution in [0.1, 0.15) is 19.8 Å². The molecule has 2 aromatic rings.